The van der Waals surface area contributed by atoms with Crippen molar-refractivity contribution in [3.8, 4) is 0 Å². The summed E-state index contributed by atoms with van der Waals surface area (Å²) < 4.78 is 0. The van der Waals surface area contributed by atoms with Crippen LogP contribution in [0.1, 0.15) is 47.2 Å². The second-order valence-corrected chi connectivity index (χ2v) is 7.78. The average molecular weight is 359 g/mol. The summed E-state index contributed by atoms with van der Waals surface area (Å²) in [5.74, 6) is 0.0465. The maximum absolute atomic E-state index is 12.6. The first kappa shape index (κ1) is 19.1. The van der Waals surface area contributed by atoms with Gasteiger partial charge in [0.05, 0.1) is 4.88 Å². The number of nitrogens with one attached hydrogen (secondary N) is 2. The largest absolute Gasteiger partial charge is 0.346 e. The first-order valence-corrected chi connectivity index (χ1v) is 9.18. The predicted molar refractivity (Wildman–Crippen MR) is 103 cm³/mol. The summed E-state index contributed by atoms with van der Waals surface area (Å²) in [7, 11) is 0. The Hall–Kier alpha value is -2.18. The highest BCUT2D eigenvalue weighted by Crippen LogP contribution is 2.18. The summed E-state index contributed by atoms with van der Waals surface area (Å²) in [6.45, 7) is 6.51. The average Bonchev–Trinajstić information content (AvgIpc) is 3.09. The van der Waals surface area contributed by atoms with Gasteiger partial charge in [-0.15, -0.1) is 11.3 Å². The Morgan fingerprint density at radius 2 is 1.96 bits per heavy atom. The van der Waals surface area contributed by atoms with Gasteiger partial charge in [-0.3, -0.25) is 9.59 Å². The molecule has 2 rings (SSSR count). The second-order valence-electron chi connectivity index (χ2n) is 6.83. The molecule has 0 aliphatic heterocycles. The number of carbonyl (C=O) groups is 2. The minimum Gasteiger partial charge on any atom is -0.346 e. The molecule has 2 aromatic rings. The number of rotatable bonds is 7. The number of hydrogen-bond donors (Lipinski definition) is 3. The van der Waals surface area contributed by atoms with Crippen molar-refractivity contribution >= 4 is 28.8 Å². The third-order valence-electron chi connectivity index (χ3n) is 3.85. The molecule has 1 aromatic carbocycles. The molecule has 0 bridgehead atoms. The third-order valence-corrected chi connectivity index (χ3v) is 4.72. The molecule has 0 radical (unpaired) electrons. The van der Waals surface area contributed by atoms with E-state index in [-0.39, 0.29) is 11.8 Å². The Morgan fingerprint density at radius 1 is 1.20 bits per heavy atom. The van der Waals surface area contributed by atoms with Gasteiger partial charge in [0.25, 0.3) is 11.8 Å². The molecule has 2 amide bonds. The van der Waals surface area contributed by atoms with E-state index in [4.69, 9.17) is 5.73 Å². The Balaban J connectivity index is 2.09. The lowest BCUT2D eigenvalue weighted by atomic mass is 9.90. The SMILES string of the molecule is CC(C)CC(C)(CN)NC(=O)c1cccc(NC(=O)c2cccs2)c1. The minimum absolute atomic E-state index is 0.181. The van der Waals surface area contributed by atoms with Crippen LogP contribution in [0.15, 0.2) is 41.8 Å². The van der Waals surface area contributed by atoms with Crippen molar-refractivity contribution in [3.63, 3.8) is 0 Å². The van der Waals surface area contributed by atoms with Gasteiger partial charge >= 0.3 is 0 Å². The molecule has 0 saturated carbocycles. The second kappa shape index (κ2) is 8.27. The zero-order valence-electron chi connectivity index (χ0n) is 14.8. The first-order chi connectivity index (χ1) is 11.8. The number of anilines is 1. The normalized spacial score (nSPS) is 13.3. The molecule has 0 fully saturated rings. The van der Waals surface area contributed by atoms with Gasteiger partial charge in [0.2, 0.25) is 0 Å². The maximum Gasteiger partial charge on any atom is 0.265 e. The number of benzene rings is 1. The van der Waals surface area contributed by atoms with E-state index in [1.54, 1.807) is 30.3 Å². The van der Waals surface area contributed by atoms with Crippen molar-refractivity contribution in [2.45, 2.75) is 32.7 Å². The molecule has 134 valence electrons. The van der Waals surface area contributed by atoms with Crippen LogP contribution in [-0.4, -0.2) is 23.9 Å². The van der Waals surface area contributed by atoms with Crippen molar-refractivity contribution in [2.75, 3.05) is 11.9 Å². The van der Waals surface area contributed by atoms with E-state index < -0.39 is 5.54 Å². The molecular weight excluding hydrogens is 334 g/mol. The summed E-state index contributed by atoms with van der Waals surface area (Å²) in [5, 5.41) is 7.69. The zero-order chi connectivity index (χ0) is 18.4. The van der Waals surface area contributed by atoms with Crippen molar-refractivity contribution in [3.05, 3.63) is 52.2 Å². The van der Waals surface area contributed by atoms with E-state index in [0.29, 0.717) is 28.6 Å². The predicted octanol–water partition coefficient (Wildman–Crippen LogP) is 3.49. The summed E-state index contributed by atoms with van der Waals surface area (Å²) in [6.07, 6.45) is 0.796. The van der Waals surface area contributed by atoms with Gasteiger partial charge in [-0.2, -0.15) is 0 Å². The summed E-state index contributed by atoms with van der Waals surface area (Å²) in [4.78, 5) is 25.4. The highest BCUT2D eigenvalue weighted by atomic mass is 32.1. The Labute approximate surface area is 152 Å². The molecule has 5 nitrogen and oxygen atoms in total. The quantitative estimate of drug-likeness (QED) is 0.707. The molecule has 0 aliphatic rings. The Bertz CT molecular complexity index is 728. The smallest absolute Gasteiger partial charge is 0.265 e. The van der Waals surface area contributed by atoms with Crippen LogP contribution in [0.3, 0.4) is 0 Å². The summed E-state index contributed by atoms with van der Waals surface area (Å²) >= 11 is 1.37. The van der Waals surface area contributed by atoms with Gasteiger partial charge in [-0.25, -0.2) is 0 Å². The van der Waals surface area contributed by atoms with E-state index in [2.05, 4.69) is 24.5 Å². The lowest BCUT2D eigenvalue weighted by Gasteiger charge is -2.31. The Kier molecular flexibility index (Phi) is 6.33. The maximum atomic E-state index is 12.6. The fourth-order valence-corrected chi connectivity index (χ4v) is 3.39. The highest BCUT2D eigenvalue weighted by molar-refractivity contribution is 7.12. The first-order valence-electron chi connectivity index (χ1n) is 8.30. The van der Waals surface area contributed by atoms with Crippen molar-refractivity contribution in [1.29, 1.82) is 0 Å². The van der Waals surface area contributed by atoms with Crippen molar-refractivity contribution < 1.29 is 9.59 Å². The molecule has 1 unspecified atom stereocenters. The van der Waals surface area contributed by atoms with Crippen LogP contribution in [-0.2, 0) is 0 Å². The Morgan fingerprint density at radius 3 is 2.56 bits per heavy atom. The van der Waals surface area contributed by atoms with Crippen LogP contribution >= 0.6 is 11.3 Å². The van der Waals surface area contributed by atoms with Gasteiger partial charge in [-0.1, -0.05) is 26.0 Å². The third kappa shape index (κ3) is 5.41. The lowest BCUT2D eigenvalue weighted by Crippen LogP contribution is -2.52. The fourth-order valence-electron chi connectivity index (χ4n) is 2.77. The van der Waals surface area contributed by atoms with Gasteiger partial charge in [0.15, 0.2) is 0 Å². The monoisotopic (exact) mass is 359 g/mol. The van der Waals surface area contributed by atoms with Crippen LogP contribution in [0.2, 0.25) is 0 Å². The van der Waals surface area contributed by atoms with Crippen molar-refractivity contribution in [2.24, 2.45) is 11.7 Å². The molecule has 1 heterocycles. The van der Waals surface area contributed by atoms with E-state index in [9.17, 15) is 9.59 Å². The van der Waals surface area contributed by atoms with Gasteiger partial charge in [-0.05, 0) is 48.9 Å². The fraction of sp³-hybridized carbons (Fsp3) is 0.368. The minimum atomic E-state index is -0.457. The molecule has 1 atom stereocenters. The summed E-state index contributed by atoms with van der Waals surface area (Å²) in [6, 6.07) is 10.5. The van der Waals surface area contributed by atoms with Gasteiger partial charge < -0.3 is 16.4 Å². The molecule has 1 aromatic heterocycles. The van der Waals surface area contributed by atoms with Crippen LogP contribution in [0.25, 0.3) is 0 Å². The van der Waals surface area contributed by atoms with Gasteiger partial charge in [0.1, 0.15) is 0 Å². The molecule has 25 heavy (non-hydrogen) atoms. The number of amides is 2. The van der Waals surface area contributed by atoms with E-state index in [0.717, 1.165) is 6.42 Å². The number of thiophene rings is 1. The number of hydrogen-bond acceptors (Lipinski definition) is 4. The highest BCUT2D eigenvalue weighted by Gasteiger charge is 2.26. The molecule has 4 N–H and O–H groups in total. The molecular formula is C19H25N3O2S. The number of carbonyl (C=O) groups excluding carboxylic acids is 2. The summed E-state index contributed by atoms with van der Waals surface area (Å²) in [5.41, 5.74) is 6.48. The van der Waals surface area contributed by atoms with E-state index in [1.807, 2.05) is 18.4 Å². The lowest BCUT2D eigenvalue weighted by molar-refractivity contribution is 0.0897. The van der Waals surface area contributed by atoms with Crippen LogP contribution < -0.4 is 16.4 Å². The molecule has 0 spiro atoms. The van der Waals surface area contributed by atoms with Crippen LogP contribution in [0.5, 0.6) is 0 Å². The van der Waals surface area contributed by atoms with Crippen molar-refractivity contribution in [1.82, 2.24) is 5.32 Å². The van der Waals surface area contributed by atoms with Crippen LogP contribution in [0, 0.1) is 5.92 Å². The molecule has 6 heteroatoms. The zero-order valence-corrected chi connectivity index (χ0v) is 15.7. The van der Waals surface area contributed by atoms with E-state index >= 15 is 0 Å². The molecule has 0 aliphatic carbocycles. The number of nitrogens with two attached hydrogens (primary N) is 1. The molecule has 0 saturated heterocycles. The van der Waals surface area contributed by atoms with Gasteiger partial charge in [0, 0.05) is 23.3 Å². The topological polar surface area (TPSA) is 84.2 Å². The standard InChI is InChI=1S/C19H25N3O2S/c1-13(2)11-19(3,12-20)22-17(23)14-6-4-7-15(10-14)21-18(24)16-8-5-9-25-16/h4-10,13H,11-12,20H2,1-3H3,(H,21,24)(H,22,23). The van der Waals surface area contributed by atoms with E-state index in [1.165, 1.54) is 11.3 Å². The van der Waals surface area contributed by atoms with Crippen LogP contribution in [0.4, 0.5) is 5.69 Å².